The minimum atomic E-state index is -1.41. The summed E-state index contributed by atoms with van der Waals surface area (Å²) in [6, 6.07) is 1.09. The van der Waals surface area contributed by atoms with Crippen molar-refractivity contribution in [2.45, 2.75) is 38.1 Å². The van der Waals surface area contributed by atoms with E-state index in [1.807, 2.05) is 0 Å². The van der Waals surface area contributed by atoms with Crippen LogP contribution in [0.5, 0.6) is 5.88 Å². The summed E-state index contributed by atoms with van der Waals surface area (Å²) >= 11 is 0. The number of nitrogen functional groups attached to an aromatic ring is 1. The second kappa shape index (κ2) is 6.33. The molecule has 0 unspecified atom stereocenters. The highest BCUT2D eigenvalue weighted by Crippen LogP contribution is 2.25. The zero-order valence-electron chi connectivity index (χ0n) is 12.9. The first-order chi connectivity index (χ1) is 9.77. The Labute approximate surface area is 125 Å². The lowest BCUT2D eigenvalue weighted by atomic mass is 10.1. The van der Waals surface area contributed by atoms with Gasteiger partial charge in [-0.1, -0.05) is 19.6 Å². The average molecular weight is 317 g/mol. The molecule has 0 saturated carbocycles. The summed E-state index contributed by atoms with van der Waals surface area (Å²) in [5.74, 6) is 0.243. The van der Waals surface area contributed by atoms with E-state index in [1.165, 1.54) is 0 Å². The molecule has 1 aromatic heterocycles. The molecule has 6 nitrogen and oxygen atoms in total. The Bertz CT molecular complexity index is 472. The topological polar surface area (TPSA) is 71.5 Å². The van der Waals surface area contributed by atoms with Crippen LogP contribution in [0, 0.1) is 0 Å². The monoisotopic (exact) mass is 317 g/mol. The maximum atomic E-state index is 13.7. The van der Waals surface area contributed by atoms with Crippen molar-refractivity contribution in [1.29, 1.82) is 0 Å². The van der Waals surface area contributed by atoms with Crippen LogP contribution in [0.3, 0.4) is 0 Å². The zero-order chi connectivity index (χ0) is 15.5. The third-order valence-electron chi connectivity index (χ3n) is 3.16. The van der Waals surface area contributed by atoms with Gasteiger partial charge in [-0.2, -0.15) is 0 Å². The lowest BCUT2D eigenvalue weighted by molar-refractivity contribution is -0.146. The SMILES string of the molecule is C[Si](C)(C)CCOCn1cc(N)c(OCC2(F)COC2)n1. The summed E-state index contributed by atoms with van der Waals surface area (Å²) in [6.07, 6.45) is 1.63. The third-order valence-corrected chi connectivity index (χ3v) is 4.87. The summed E-state index contributed by atoms with van der Waals surface area (Å²) in [5.41, 5.74) is 4.76. The maximum Gasteiger partial charge on any atom is 0.256 e. The zero-order valence-corrected chi connectivity index (χ0v) is 13.9. The van der Waals surface area contributed by atoms with Gasteiger partial charge in [0.05, 0.1) is 19.4 Å². The first-order valence-electron chi connectivity index (χ1n) is 7.08. The fraction of sp³-hybridized carbons (Fsp3) is 0.769. The Balaban J connectivity index is 1.76. The number of halogens is 1. The van der Waals surface area contributed by atoms with E-state index in [2.05, 4.69) is 24.7 Å². The minimum absolute atomic E-state index is 0.0629. The molecule has 0 aromatic carbocycles. The lowest BCUT2D eigenvalue weighted by Crippen LogP contribution is -2.50. The number of rotatable bonds is 8. The van der Waals surface area contributed by atoms with E-state index in [9.17, 15) is 4.39 Å². The fourth-order valence-corrected chi connectivity index (χ4v) is 2.50. The Morgan fingerprint density at radius 1 is 1.48 bits per heavy atom. The van der Waals surface area contributed by atoms with E-state index in [1.54, 1.807) is 10.9 Å². The number of nitrogens with two attached hydrogens (primary N) is 1. The number of nitrogens with zero attached hydrogens (tertiary/aromatic N) is 2. The number of anilines is 1. The summed E-state index contributed by atoms with van der Waals surface area (Å²) in [6.45, 7) is 7.95. The average Bonchev–Trinajstić information content (AvgIpc) is 2.69. The van der Waals surface area contributed by atoms with E-state index < -0.39 is 13.7 Å². The van der Waals surface area contributed by atoms with Gasteiger partial charge < -0.3 is 19.9 Å². The van der Waals surface area contributed by atoms with Crippen molar-refractivity contribution >= 4 is 13.8 Å². The largest absolute Gasteiger partial charge is 0.472 e. The van der Waals surface area contributed by atoms with Gasteiger partial charge in [-0.25, -0.2) is 9.07 Å². The van der Waals surface area contributed by atoms with Crippen LogP contribution in [0.2, 0.25) is 25.7 Å². The van der Waals surface area contributed by atoms with Gasteiger partial charge in [0.25, 0.3) is 5.88 Å². The van der Waals surface area contributed by atoms with Gasteiger partial charge in [-0.15, -0.1) is 5.10 Å². The van der Waals surface area contributed by atoms with Crippen molar-refractivity contribution in [2.24, 2.45) is 0 Å². The lowest BCUT2D eigenvalue weighted by Gasteiger charge is -2.32. The smallest absolute Gasteiger partial charge is 0.256 e. The van der Waals surface area contributed by atoms with E-state index in [0.29, 0.717) is 19.0 Å². The Morgan fingerprint density at radius 2 is 2.19 bits per heavy atom. The Morgan fingerprint density at radius 3 is 2.76 bits per heavy atom. The number of ether oxygens (including phenoxy) is 3. The summed E-state index contributed by atoms with van der Waals surface area (Å²) in [7, 11) is -1.09. The van der Waals surface area contributed by atoms with Gasteiger partial charge in [0.1, 0.15) is 19.0 Å². The van der Waals surface area contributed by atoms with E-state index >= 15 is 0 Å². The molecule has 1 aromatic rings. The molecule has 2 N–H and O–H groups in total. The summed E-state index contributed by atoms with van der Waals surface area (Å²) in [4.78, 5) is 0. The van der Waals surface area contributed by atoms with Crippen LogP contribution in [0.1, 0.15) is 0 Å². The van der Waals surface area contributed by atoms with Gasteiger partial charge in [-0.05, 0) is 6.04 Å². The highest BCUT2D eigenvalue weighted by atomic mass is 28.3. The molecular formula is C13H24FN3O3Si. The molecule has 1 saturated heterocycles. The van der Waals surface area contributed by atoms with Gasteiger partial charge in [-0.3, -0.25) is 0 Å². The molecule has 2 rings (SSSR count). The molecule has 21 heavy (non-hydrogen) atoms. The third kappa shape index (κ3) is 4.97. The van der Waals surface area contributed by atoms with Gasteiger partial charge in [0.2, 0.25) is 0 Å². The highest BCUT2D eigenvalue weighted by Gasteiger charge is 2.40. The number of hydrogen-bond donors (Lipinski definition) is 1. The van der Waals surface area contributed by atoms with Gasteiger partial charge in [0.15, 0.2) is 5.67 Å². The molecule has 8 heteroatoms. The van der Waals surface area contributed by atoms with Crippen LogP contribution < -0.4 is 10.5 Å². The molecule has 2 heterocycles. The quantitative estimate of drug-likeness (QED) is 0.585. The van der Waals surface area contributed by atoms with E-state index in [0.717, 1.165) is 6.04 Å². The van der Waals surface area contributed by atoms with Crippen LogP contribution in [0.4, 0.5) is 10.1 Å². The molecule has 0 bridgehead atoms. The van der Waals surface area contributed by atoms with Crippen molar-refractivity contribution in [2.75, 3.05) is 32.2 Å². The van der Waals surface area contributed by atoms with Crippen molar-refractivity contribution in [3.05, 3.63) is 6.20 Å². The van der Waals surface area contributed by atoms with Crippen LogP contribution in [0.15, 0.2) is 6.20 Å². The van der Waals surface area contributed by atoms with Crippen molar-refractivity contribution < 1.29 is 18.6 Å². The molecule has 1 fully saturated rings. The predicted molar refractivity (Wildman–Crippen MR) is 80.9 cm³/mol. The Hall–Kier alpha value is -1.12. The minimum Gasteiger partial charge on any atom is -0.472 e. The second-order valence-electron chi connectivity index (χ2n) is 6.71. The van der Waals surface area contributed by atoms with E-state index in [-0.39, 0.29) is 25.7 Å². The highest BCUT2D eigenvalue weighted by molar-refractivity contribution is 6.76. The first kappa shape index (κ1) is 16.3. The molecule has 1 aliphatic rings. The van der Waals surface area contributed by atoms with Crippen molar-refractivity contribution in [3.8, 4) is 5.88 Å². The molecule has 0 aliphatic carbocycles. The van der Waals surface area contributed by atoms with Crippen LogP contribution >= 0.6 is 0 Å². The summed E-state index contributed by atoms with van der Waals surface area (Å²) < 4.78 is 31.0. The molecule has 120 valence electrons. The van der Waals surface area contributed by atoms with Crippen LogP contribution in [-0.2, 0) is 16.2 Å². The van der Waals surface area contributed by atoms with Crippen molar-refractivity contribution in [1.82, 2.24) is 9.78 Å². The molecule has 1 aliphatic heterocycles. The second-order valence-corrected chi connectivity index (χ2v) is 12.3. The number of aromatic nitrogens is 2. The standard InChI is InChI=1S/C13H24FN3O3Si/c1-21(2,3)5-4-18-10-17-6-11(15)12(16-17)20-9-13(14)7-19-8-13/h6H,4-5,7-10,15H2,1-3H3. The van der Waals surface area contributed by atoms with Gasteiger partial charge >= 0.3 is 0 Å². The Kier molecular flexibility index (Phi) is 4.90. The predicted octanol–water partition coefficient (Wildman–Crippen LogP) is 1.89. The summed E-state index contributed by atoms with van der Waals surface area (Å²) in [5, 5.41) is 4.15. The molecule has 0 atom stereocenters. The van der Waals surface area contributed by atoms with E-state index in [4.69, 9.17) is 19.9 Å². The fourth-order valence-electron chi connectivity index (χ4n) is 1.74. The van der Waals surface area contributed by atoms with Crippen molar-refractivity contribution in [3.63, 3.8) is 0 Å². The maximum absolute atomic E-state index is 13.7. The van der Waals surface area contributed by atoms with Gasteiger partial charge in [0, 0.05) is 14.7 Å². The normalized spacial score (nSPS) is 17.5. The molecule has 0 amide bonds. The number of alkyl halides is 1. The molecular weight excluding hydrogens is 293 g/mol. The first-order valence-corrected chi connectivity index (χ1v) is 10.8. The molecule has 0 spiro atoms. The van der Waals surface area contributed by atoms with Crippen LogP contribution in [-0.4, -0.2) is 50.0 Å². The molecule has 0 radical (unpaired) electrons. The number of hydrogen-bond acceptors (Lipinski definition) is 5. The van der Waals surface area contributed by atoms with Crippen LogP contribution in [0.25, 0.3) is 0 Å².